The van der Waals surface area contributed by atoms with Crippen molar-refractivity contribution >= 4 is 23.9 Å². The predicted octanol–water partition coefficient (Wildman–Crippen LogP) is 4.82. The second-order valence-corrected chi connectivity index (χ2v) is 5.57. The molecule has 1 N–H and O–H groups in total. The van der Waals surface area contributed by atoms with Gasteiger partial charge in [0.1, 0.15) is 17.2 Å². The van der Waals surface area contributed by atoms with Crippen LogP contribution in [0, 0.1) is 0 Å². The Bertz CT molecular complexity index is 836. The molecule has 0 aliphatic heterocycles. The number of alkyl halides is 3. The number of ether oxygens (including phenoxy) is 2. The first kappa shape index (κ1) is 19.6. The number of halogens is 4. The number of hydrogen-bond acceptors (Lipinski definition) is 4. The highest BCUT2D eigenvalue weighted by Crippen LogP contribution is 2.37. The lowest BCUT2D eigenvalue weighted by molar-refractivity contribution is -0.144. The molecule has 9 heteroatoms. The van der Waals surface area contributed by atoms with Crippen LogP contribution in [0.5, 0.6) is 17.2 Å². The van der Waals surface area contributed by atoms with Gasteiger partial charge in [-0.15, -0.1) is 0 Å². The Kier molecular flexibility index (Phi) is 5.76. The van der Waals surface area contributed by atoms with Crippen LogP contribution >= 0.6 is 11.6 Å². The molecule has 0 aromatic heterocycles. The van der Waals surface area contributed by atoms with E-state index in [-0.39, 0.29) is 27.8 Å². The van der Waals surface area contributed by atoms with Crippen LogP contribution in [0.3, 0.4) is 0 Å². The molecule has 0 saturated carbocycles. The Hall–Kier alpha value is -2.74. The molecule has 1 atom stereocenters. The number of carboxylic acid groups (broad SMARTS) is 1. The molecule has 26 heavy (non-hydrogen) atoms. The quantitative estimate of drug-likeness (QED) is 0.718. The van der Waals surface area contributed by atoms with E-state index in [2.05, 4.69) is 0 Å². The summed E-state index contributed by atoms with van der Waals surface area (Å²) in [6, 6.07) is 6.53. The second-order valence-electron chi connectivity index (χ2n) is 5.16. The molecule has 0 fully saturated rings. The Labute approximate surface area is 150 Å². The fourth-order valence-corrected chi connectivity index (χ4v) is 2.12. The third kappa shape index (κ3) is 4.66. The summed E-state index contributed by atoms with van der Waals surface area (Å²) < 4.78 is 48.6. The maximum absolute atomic E-state index is 12.7. The van der Waals surface area contributed by atoms with Crippen LogP contribution in [0.2, 0.25) is 5.02 Å². The Morgan fingerprint density at radius 2 is 1.88 bits per heavy atom. The van der Waals surface area contributed by atoms with Gasteiger partial charge in [0, 0.05) is 6.07 Å². The molecule has 138 valence electrons. The lowest BCUT2D eigenvalue weighted by Gasteiger charge is -2.15. The zero-order valence-electron chi connectivity index (χ0n) is 13.2. The van der Waals surface area contributed by atoms with Gasteiger partial charge in [0.05, 0.1) is 16.1 Å². The molecule has 0 aliphatic carbocycles. The van der Waals surface area contributed by atoms with Crippen molar-refractivity contribution in [1.82, 2.24) is 0 Å². The first-order chi connectivity index (χ1) is 12.1. The number of benzene rings is 2. The van der Waals surface area contributed by atoms with Crippen molar-refractivity contribution in [2.75, 3.05) is 0 Å². The average Bonchev–Trinajstić information content (AvgIpc) is 2.56. The topological polar surface area (TPSA) is 72.8 Å². The SMILES string of the molecule is C[C@@H](Oc1cc(Oc2ccc(C(F)(F)F)cc2Cl)ccc1C=O)C(=O)O. The van der Waals surface area contributed by atoms with Crippen molar-refractivity contribution in [2.45, 2.75) is 19.2 Å². The van der Waals surface area contributed by atoms with E-state index in [0.29, 0.717) is 6.29 Å². The molecule has 0 amide bonds. The van der Waals surface area contributed by atoms with Crippen LogP contribution in [0.1, 0.15) is 22.8 Å². The summed E-state index contributed by atoms with van der Waals surface area (Å²) in [6.07, 6.45) is -5.29. The van der Waals surface area contributed by atoms with E-state index in [0.717, 1.165) is 18.2 Å². The third-order valence-electron chi connectivity index (χ3n) is 3.25. The maximum Gasteiger partial charge on any atom is 0.416 e. The van der Waals surface area contributed by atoms with E-state index in [9.17, 15) is 22.8 Å². The first-order valence-electron chi connectivity index (χ1n) is 7.15. The second kappa shape index (κ2) is 7.65. The monoisotopic (exact) mass is 388 g/mol. The van der Waals surface area contributed by atoms with Crippen LogP contribution in [0.15, 0.2) is 36.4 Å². The molecule has 0 radical (unpaired) electrons. The predicted molar refractivity (Wildman–Crippen MR) is 86.1 cm³/mol. The van der Waals surface area contributed by atoms with Crippen LogP contribution < -0.4 is 9.47 Å². The highest BCUT2D eigenvalue weighted by atomic mass is 35.5. The normalized spacial score (nSPS) is 12.3. The van der Waals surface area contributed by atoms with Gasteiger partial charge in [0.25, 0.3) is 0 Å². The standard InChI is InChI=1S/C17H12ClF3O5/c1-9(16(23)24)25-15-7-12(4-2-10(15)8-22)26-14-5-3-11(6-13(14)18)17(19,20)21/h2-9H,1H3,(H,23,24)/t9-/m1/s1. The smallest absolute Gasteiger partial charge is 0.416 e. The molecule has 0 saturated heterocycles. The largest absolute Gasteiger partial charge is 0.479 e. The van der Waals surface area contributed by atoms with Crippen LogP contribution in [0.4, 0.5) is 13.2 Å². The zero-order valence-corrected chi connectivity index (χ0v) is 14.0. The summed E-state index contributed by atoms with van der Waals surface area (Å²) in [7, 11) is 0. The van der Waals surface area contributed by atoms with E-state index in [1.54, 1.807) is 0 Å². The molecule has 2 aromatic carbocycles. The number of carboxylic acids is 1. The van der Waals surface area contributed by atoms with Gasteiger partial charge >= 0.3 is 12.1 Å². The van der Waals surface area contributed by atoms with E-state index >= 15 is 0 Å². The summed E-state index contributed by atoms with van der Waals surface area (Å²) in [5, 5.41) is 8.62. The molecule has 0 aliphatic rings. The van der Waals surface area contributed by atoms with Gasteiger partial charge in [0.2, 0.25) is 0 Å². The average molecular weight is 389 g/mol. The van der Waals surface area contributed by atoms with E-state index < -0.39 is 23.8 Å². The Morgan fingerprint density at radius 3 is 2.42 bits per heavy atom. The van der Waals surface area contributed by atoms with Crippen molar-refractivity contribution in [3.63, 3.8) is 0 Å². The highest BCUT2D eigenvalue weighted by molar-refractivity contribution is 6.32. The number of rotatable bonds is 6. The summed E-state index contributed by atoms with van der Waals surface area (Å²) >= 11 is 5.82. The van der Waals surface area contributed by atoms with Gasteiger partial charge in [-0.3, -0.25) is 4.79 Å². The maximum atomic E-state index is 12.7. The molecule has 2 rings (SSSR count). The molecule has 0 unspecified atom stereocenters. The van der Waals surface area contributed by atoms with E-state index in [1.165, 1.54) is 25.1 Å². The van der Waals surface area contributed by atoms with Gasteiger partial charge in [-0.1, -0.05) is 11.6 Å². The van der Waals surface area contributed by atoms with E-state index in [1.807, 2.05) is 0 Å². The summed E-state index contributed by atoms with van der Waals surface area (Å²) in [5.41, 5.74) is -0.838. The van der Waals surface area contributed by atoms with Crippen molar-refractivity contribution in [3.05, 3.63) is 52.5 Å². The Morgan fingerprint density at radius 1 is 1.19 bits per heavy atom. The highest BCUT2D eigenvalue weighted by Gasteiger charge is 2.31. The summed E-state index contributed by atoms with van der Waals surface area (Å²) in [5.74, 6) is -1.23. The summed E-state index contributed by atoms with van der Waals surface area (Å²) in [4.78, 5) is 21.9. The molecule has 0 bridgehead atoms. The third-order valence-corrected chi connectivity index (χ3v) is 3.55. The van der Waals surface area contributed by atoms with Crippen LogP contribution in [0.25, 0.3) is 0 Å². The molecule has 5 nitrogen and oxygen atoms in total. The molecular weight excluding hydrogens is 377 g/mol. The number of carbonyl (C=O) groups excluding carboxylic acids is 1. The fourth-order valence-electron chi connectivity index (χ4n) is 1.91. The minimum absolute atomic E-state index is 0.0456. The minimum Gasteiger partial charge on any atom is -0.479 e. The van der Waals surface area contributed by atoms with Crippen molar-refractivity contribution in [3.8, 4) is 17.2 Å². The van der Waals surface area contributed by atoms with Gasteiger partial charge in [0.15, 0.2) is 12.4 Å². The van der Waals surface area contributed by atoms with Gasteiger partial charge in [-0.25, -0.2) is 4.79 Å². The van der Waals surface area contributed by atoms with Crippen molar-refractivity contribution in [2.24, 2.45) is 0 Å². The van der Waals surface area contributed by atoms with Crippen LogP contribution in [-0.2, 0) is 11.0 Å². The van der Waals surface area contributed by atoms with Crippen molar-refractivity contribution in [1.29, 1.82) is 0 Å². The number of aliphatic carboxylic acids is 1. The zero-order chi connectivity index (χ0) is 19.5. The lowest BCUT2D eigenvalue weighted by atomic mass is 10.2. The van der Waals surface area contributed by atoms with Gasteiger partial charge in [-0.2, -0.15) is 13.2 Å². The molecular formula is C17H12ClF3O5. The Balaban J connectivity index is 2.30. The number of hydrogen-bond donors (Lipinski definition) is 1. The van der Waals surface area contributed by atoms with Gasteiger partial charge in [-0.05, 0) is 37.3 Å². The number of carbonyl (C=O) groups is 2. The fraction of sp³-hybridized carbons (Fsp3) is 0.176. The molecule has 0 spiro atoms. The molecule has 0 heterocycles. The van der Waals surface area contributed by atoms with E-state index in [4.69, 9.17) is 26.2 Å². The summed E-state index contributed by atoms with van der Waals surface area (Å²) in [6.45, 7) is 1.27. The molecule has 2 aromatic rings. The lowest BCUT2D eigenvalue weighted by Crippen LogP contribution is -2.23. The minimum atomic E-state index is -4.54. The first-order valence-corrected chi connectivity index (χ1v) is 7.53. The van der Waals surface area contributed by atoms with Crippen molar-refractivity contribution < 1.29 is 37.3 Å². The van der Waals surface area contributed by atoms with Crippen LogP contribution in [-0.4, -0.2) is 23.5 Å². The number of aldehydes is 1. The van der Waals surface area contributed by atoms with Gasteiger partial charge < -0.3 is 14.6 Å².